The maximum Gasteiger partial charge on any atom is 0.269 e. The van der Waals surface area contributed by atoms with E-state index in [1.165, 1.54) is 12.1 Å². The number of nitro groups is 1. The summed E-state index contributed by atoms with van der Waals surface area (Å²) < 4.78 is 0. The number of hydrogen-bond acceptors (Lipinski definition) is 3. The molecule has 1 aromatic rings. The van der Waals surface area contributed by atoms with Gasteiger partial charge in [0.25, 0.3) is 5.69 Å². The molecular formula is C11H10N2O2. The van der Waals surface area contributed by atoms with Crippen LogP contribution in [0.25, 0.3) is 0 Å². The van der Waals surface area contributed by atoms with Crippen molar-refractivity contribution in [2.45, 2.75) is 18.8 Å². The fourth-order valence-corrected chi connectivity index (χ4v) is 1.94. The zero-order chi connectivity index (χ0) is 11.1. The second-order valence-corrected chi connectivity index (χ2v) is 4.00. The molecule has 0 saturated heterocycles. The van der Waals surface area contributed by atoms with E-state index in [9.17, 15) is 10.1 Å². The van der Waals surface area contributed by atoms with E-state index in [0.717, 1.165) is 12.0 Å². The fourth-order valence-electron chi connectivity index (χ4n) is 1.94. The molecule has 4 heteroatoms. The lowest BCUT2D eigenvalue weighted by Gasteiger charge is -2.06. The maximum atomic E-state index is 10.6. The Labute approximate surface area is 87.3 Å². The second-order valence-electron chi connectivity index (χ2n) is 4.00. The number of nitro benzene ring substituents is 1. The first-order chi connectivity index (χ1) is 7.10. The average molecular weight is 202 g/mol. The van der Waals surface area contributed by atoms with Crippen LogP contribution in [-0.2, 0) is 5.41 Å². The van der Waals surface area contributed by atoms with Crippen molar-refractivity contribution >= 4 is 5.69 Å². The standard InChI is InChI=1S/C11H10N2O2/c1-8-6-11(8,7-12)9-3-2-4-10(5-9)13(14)15/h2-5,8H,6H2,1H3. The van der Waals surface area contributed by atoms with E-state index in [2.05, 4.69) is 6.07 Å². The molecule has 4 nitrogen and oxygen atoms in total. The van der Waals surface area contributed by atoms with E-state index in [0.29, 0.717) is 5.92 Å². The van der Waals surface area contributed by atoms with Crippen LogP contribution in [0, 0.1) is 27.4 Å². The molecule has 0 N–H and O–H groups in total. The van der Waals surface area contributed by atoms with E-state index in [1.807, 2.05) is 6.92 Å². The molecule has 1 aliphatic carbocycles. The topological polar surface area (TPSA) is 66.9 Å². The summed E-state index contributed by atoms with van der Waals surface area (Å²) in [6, 6.07) is 8.64. The number of non-ortho nitro benzene ring substituents is 1. The van der Waals surface area contributed by atoms with Crippen LogP contribution in [0.1, 0.15) is 18.9 Å². The Morgan fingerprint density at radius 3 is 2.80 bits per heavy atom. The van der Waals surface area contributed by atoms with Gasteiger partial charge in [-0.05, 0) is 17.9 Å². The molecule has 0 aromatic heterocycles. The van der Waals surface area contributed by atoms with Crippen LogP contribution in [-0.4, -0.2) is 4.92 Å². The number of hydrogen-bond donors (Lipinski definition) is 0. The molecule has 76 valence electrons. The zero-order valence-corrected chi connectivity index (χ0v) is 8.30. The maximum absolute atomic E-state index is 10.6. The van der Waals surface area contributed by atoms with Gasteiger partial charge in [0, 0.05) is 12.1 Å². The highest BCUT2D eigenvalue weighted by Crippen LogP contribution is 2.53. The number of nitrogens with zero attached hydrogens (tertiary/aromatic N) is 2. The molecule has 0 amide bonds. The molecule has 0 spiro atoms. The van der Waals surface area contributed by atoms with Gasteiger partial charge in [0.15, 0.2) is 0 Å². The van der Waals surface area contributed by atoms with Crippen LogP contribution >= 0.6 is 0 Å². The molecule has 2 atom stereocenters. The lowest BCUT2D eigenvalue weighted by molar-refractivity contribution is -0.384. The summed E-state index contributed by atoms with van der Waals surface area (Å²) >= 11 is 0. The van der Waals surface area contributed by atoms with Crippen LogP contribution in [0.4, 0.5) is 5.69 Å². The van der Waals surface area contributed by atoms with Crippen LogP contribution in [0.2, 0.25) is 0 Å². The molecule has 0 heterocycles. The first kappa shape index (κ1) is 9.66. The minimum atomic E-state index is -0.480. The summed E-state index contributed by atoms with van der Waals surface area (Å²) in [6.07, 6.45) is 0.796. The van der Waals surface area contributed by atoms with Crippen molar-refractivity contribution < 1.29 is 4.92 Å². The number of rotatable bonds is 2. The van der Waals surface area contributed by atoms with Gasteiger partial charge < -0.3 is 0 Å². The first-order valence-electron chi connectivity index (χ1n) is 4.76. The normalized spacial score (nSPS) is 28.1. The number of benzene rings is 1. The third-order valence-electron chi connectivity index (χ3n) is 3.08. The molecular weight excluding hydrogens is 192 g/mol. The Bertz CT molecular complexity index is 464. The molecule has 2 rings (SSSR count). The van der Waals surface area contributed by atoms with Gasteiger partial charge in [-0.25, -0.2) is 0 Å². The van der Waals surface area contributed by atoms with Crippen LogP contribution in [0.5, 0.6) is 0 Å². The van der Waals surface area contributed by atoms with Gasteiger partial charge in [0.1, 0.15) is 0 Å². The number of nitriles is 1. The average Bonchev–Trinajstić information content (AvgIpc) is 2.91. The highest BCUT2D eigenvalue weighted by atomic mass is 16.6. The summed E-state index contributed by atoms with van der Waals surface area (Å²) in [5.74, 6) is 0.296. The minimum absolute atomic E-state index is 0.0567. The van der Waals surface area contributed by atoms with Crippen molar-refractivity contribution in [1.82, 2.24) is 0 Å². The van der Waals surface area contributed by atoms with Gasteiger partial charge in [-0.1, -0.05) is 19.1 Å². The first-order valence-corrected chi connectivity index (χ1v) is 4.76. The van der Waals surface area contributed by atoms with Crippen molar-refractivity contribution in [3.8, 4) is 6.07 Å². The quantitative estimate of drug-likeness (QED) is 0.546. The van der Waals surface area contributed by atoms with E-state index in [1.54, 1.807) is 12.1 Å². The highest BCUT2D eigenvalue weighted by molar-refractivity contribution is 5.46. The Balaban J connectivity index is 2.43. The fraction of sp³-hybridized carbons (Fsp3) is 0.364. The minimum Gasteiger partial charge on any atom is -0.258 e. The van der Waals surface area contributed by atoms with E-state index < -0.39 is 10.3 Å². The SMILES string of the molecule is CC1CC1(C#N)c1cccc([N+](=O)[O-])c1. The zero-order valence-electron chi connectivity index (χ0n) is 8.30. The van der Waals surface area contributed by atoms with Gasteiger partial charge in [-0.15, -0.1) is 0 Å². The lowest BCUT2D eigenvalue weighted by Crippen LogP contribution is -2.06. The lowest BCUT2D eigenvalue weighted by atomic mass is 9.95. The monoisotopic (exact) mass is 202 g/mol. The Hall–Kier alpha value is -1.89. The van der Waals surface area contributed by atoms with Gasteiger partial charge in [0.2, 0.25) is 0 Å². The second kappa shape index (κ2) is 3.06. The summed E-state index contributed by atoms with van der Waals surface area (Å²) in [6.45, 7) is 1.99. The van der Waals surface area contributed by atoms with Gasteiger partial charge in [-0.3, -0.25) is 10.1 Å². The van der Waals surface area contributed by atoms with Gasteiger partial charge >= 0.3 is 0 Å². The highest BCUT2D eigenvalue weighted by Gasteiger charge is 2.53. The van der Waals surface area contributed by atoms with Crippen molar-refractivity contribution in [1.29, 1.82) is 5.26 Å². The van der Waals surface area contributed by atoms with Crippen LogP contribution < -0.4 is 0 Å². The Morgan fingerprint density at radius 2 is 2.33 bits per heavy atom. The Morgan fingerprint density at radius 1 is 1.67 bits per heavy atom. The van der Waals surface area contributed by atoms with Crippen LogP contribution in [0.15, 0.2) is 24.3 Å². The molecule has 15 heavy (non-hydrogen) atoms. The van der Waals surface area contributed by atoms with Crippen molar-refractivity contribution in [2.24, 2.45) is 5.92 Å². The predicted octanol–water partition coefficient (Wildman–Crippen LogP) is 2.40. The summed E-state index contributed by atoms with van der Waals surface area (Å²) in [4.78, 5) is 10.2. The van der Waals surface area contributed by atoms with Crippen LogP contribution in [0.3, 0.4) is 0 Å². The molecule has 1 aliphatic rings. The third-order valence-corrected chi connectivity index (χ3v) is 3.08. The molecule has 0 bridgehead atoms. The molecule has 0 aliphatic heterocycles. The molecule has 1 aromatic carbocycles. The largest absolute Gasteiger partial charge is 0.269 e. The summed E-state index contributed by atoms with van der Waals surface area (Å²) in [7, 11) is 0. The molecule has 2 unspecified atom stereocenters. The predicted molar refractivity (Wildman–Crippen MR) is 54.2 cm³/mol. The summed E-state index contributed by atoms with van der Waals surface area (Å²) in [5.41, 5.74) is 0.347. The third kappa shape index (κ3) is 1.37. The van der Waals surface area contributed by atoms with Gasteiger partial charge in [-0.2, -0.15) is 5.26 Å². The molecule has 1 fully saturated rings. The van der Waals surface area contributed by atoms with E-state index in [-0.39, 0.29) is 5.69 Å². The van der Waals surface area contributed by atoms with Crippen molar-refractivity contribution in [3.63, 3.8) is 0 Å². The Kier molecular flexibility index (Phi) is 1.97. The smallest absolute Gasteiger partial charge is 0.258 e. The van der Waals surface area contributed by atoms with E-state index >= 15 is 0 Å². The van der Waals surface area contributed by atoms with Crippen molar-refractivity contribution in [2.75, 3.05) is 0 Å². The molecule has 1 saturated carbocycles. The van der Waals surface area contributed by atoms with Crippen molar-refractivity contribution in [3.05, 3.63) is 39.9 Å². The van der Waals surface area contributed by atoms with E-state index in [4.69, 9.17) is 5.26 Å². The summed E-state index contributed by atoms with van der Waals surface area (Å²) in [5, 5.41) is 19.7. The molecule has 0 radical (unpaired) electrons. The van der Waals surface area contributed by atoms with Gasteiger partial charge in [0.05, 0.1) is 16.4 Å².